The number of H-pyrrole nitrogens is 1. The third kappa shape index (κ3) is 5.84. The number of benzene rings is 1. The van der Waals surface area contributed by atoms with Crippen molar-refractivity contribution in [2.75, 3.05) is 19.3 Å². The van der Waals surface area contributed by atoms with E-state index in [4.69, 9.17) is 0 Å². The van der Waals surface area contributed by atoms with Gasteiger partial charge in [0.1, 0.15) is 5.69 Å². The molecule has 0 saturated carbocycles. The highest BCUT2D eigenvalue weighted by molar-refractivity contribution is 7.98. The van der Waals surface area contributed by atoms with Gasteiger partial charge in [-0.05, 0) is 49.8 Å². The van der Waals surface area contributed by atoms with Gasteiger partial charge in [0.25, 0.3) is 11.8 Å². The summed E-state index contributed by atoms with van der Waals surface area (Å²) in [5.41, 5.74) is 6.93. The first-order chi connectivity index (χ1) is 16.4. The Morgan fingerprint density at radius 1 is 1.12 bits per heavy atom. The zero-order valence-electron chi connectivity index (χ0n) is 19.0. The van der Waals surface area contributed by atoms with Crippen molar-refractivity contribution in [2.45, 2.75) is 37.0 Å². The van der Waals surface area contributed by atoms with Crippen LogP contribution >= 0.6 is 23.1 Å². The molecule has 1 aliphatic heterocycles. The van der Waals surface area contributed by atoms with Crippen molar-refractivity contribution in [3.8, 4) is 0 Å². The first kappa shape index (κ1) is 24.0. The molecule has 3 amide bonds. The lowest BCUT2D eigenvalue weighted by Crippen LogP contribution is -2.42. The topological polar surface area (TPSA) is 120 Å². The van der Waals surface area contributed by atoms with Crippen LogP contribution in [0.3, 0.4) is 0 Å². The number of nitrogens with zero attached hydrogens (tertiary/aromatic N) is 3. The number of hydrogen-bond acceptors (Lipinski definition) is 7. The summed E-state index contributed by atoms with van der Waals surface area (Å²) in [4.78, 5) is 44.7. The number of thiazole rings is 1. The number of likely N-dealkylation sites (tertiary alicyclic amines) is 1. The molecule has 1 aliphatic rings. The molecule has 1 saturated heterocycles. The molecule has 0 radical (unpaired) electrons. The zero-order chi connectivity index (χ0) is 24.1. The Morgan fingerprint density at radius 3 is 2.41 bits per heavy atom. The molecule has 1 aromatic carbocycles. The van der Waals surface area contributed by atoms with E-state index in [0.717, 1.165) is 29.1 Å². The second kappa shape index (κ2) is 10.8. The second-order valence-electron chi connectivity index (χ2n) is 8.10. The number of carbonyl (C=O) groups is 3. The molecular weight excluding hydrogens is 472 g/mol. The van der Waals surface area contributed by atoms with E-state index in [1.165, 1.54) is 16.2 Å². The maximum Gasteiger partial charge on any atom is 0.290 e. The molecule has 0 bridgehead atoms. The van der Waals surface area contributed by atoms with E-state index in [-0.39, 0.29) is 23.2 Å². The van der Waals surface area contributed by atoms with E-state index in [1.807, 2.05) is 35.4 Å². The fraction of sp³-hybridized carbons (Fsp3) is 0.348. The summed E-state index contributed by atoms with van der Waals surface area (Å²) in [6.07, 6.45) is 4.05. The number of hydrazine groups is 1. The van der Waals surface area contributed by atoms with Crippen molar-refractivity contribution in [1.29, 1.82) is 0 Å². The molecule has 1 fully saturated rings. The van der Waals surface area contributed by atoms with Crippen molar-refractivity contribution < 1.29 is 14.4 Å². The van der Waals surface area contributed by atoms with Gasteiger partial charge in [0, 0.05) is 35.0 Å². The van der Waals surface area contributed by atoms with Gasteiger partial charge in [-0.15, -0.1) is 23.1 Å². The smallest absolute Gasteiger partial charge is 0.290 e. The van der Waals surface area contributed by atoms with Gasteiger partial charge >= 0.3 is 0 Å². The number of amides is 3. The number of hydrogen-bond donors (Lipinski definition) is 3. The Balaban J connectivity index is 1.25. The number of piperidine rings is 1. The van der Waals surface area contributed by atoms with Gasteiger partial charge in [0.2, 0.25) is 5.91 Å². The standard InChI is InChI=1S/C23H26N6O3S2/c1-14-11-18(26-25-14)21(31)27-28-22(32)19-13-34-23(24-19)16-7-9-29(10-8-16)20(30)12-15-3-5-17(33-2)6-4-15/h3-6,11,13,16H,7-10,12H2,1-2H3,(H,25,26)(H,27,31)(H,28,32). The highest BCUT2D eigenvalue weighted by atomic mass is 32.2. The van der Waals surface area contributed by atoms with Crippen LogP contribution in [0.5, 0.6) is 0 Å². The summed E-state index contributed by atoms with van der Waals surface area (Å²) in [7, 11) is 0. The number of rotatable bonds is 6. The van der Waals surface area contributed by atoms with E-state index in [9.17, 15) is 14.4 Å². The lowest BCUT2D eigenvalue weighted by molar-refractivity contribution is -0.131. The van der Waals surface area contributed by atoms with E-state index in [0.29, 0.717) is 19.5 Å². The Bertz CT molecular complexity index is 1170. The molecule has 178 valence electrons. The van der Waals surface area contributed by atoms with Crippen LogP contribution in [0.1, 0.15) is 56.0 Å². The summed E-state index contributed by atoms with van der Waals surface area (Å²) >= 11 is 3.11. The largest absolute Gasteiger partial charge is 0.342 e. The van der Waals surface area contributed by atoms with Crippen LogP contribution in [-0.4, -0.2) is 57.1 Å². The normalized spacial score (nSPS) is 14.1. The lowest BCUT2D eigenvalue weighted by Gasteiger charge is -2.31. The molecule has 3 heterocycles. The fourth-order valence-corrected chi connectivity index (χ4v) is 5.14. The maximum absolute atomic E-state index is 12.7. The van der Waals surface area contributed by atoms with Crippen LogP contribution < -0.4 is 10.9 Å². The third-order valence-electron chi connectivity index (χ3n) is 5.69. The molecular formula is C23H26N6O3S2. The minimum absolute atomic E-state index is 0.136. The van der Waals surface area contributed by atoms with Crippen molar-refractivity contribution in [3.63, 3.8) is 0 Å². The van der Waals surface area contributed by atoms with Gasteiger partial charge < -0.3 is 4.90 Å². The van der Waals surface area contributed by atoms with E-state index in [1.54, 1.807) is 30.1 Å². The van der Waals surface area contributed by atoms with Crippen LogP contribution in [-0.2, 0) is 11.2 Å². The number of aromatic amines is 1. The Kier molecular flexibility index (Phi) is 7.63. The summed E-state index contributed by atoms with van der Waals surface area (Å²) < 4.78 is 0. The monoisotopic (exact) mass is 498 g/mol. The second-order valence-corrected chi connectivity index (χ2v) is 9.86. The molecule has 3 N–H and O–H groups in total. The van der Waals surface area contributed by atoms with Gasteiger partial charge in [0.15, 0.2) is 5.69 Å². The molecule has 2 aromatic heterocycles. The number of aryl methyl sites for hydroxylation is 1. The van der Waals surface area contributed by atoms with Crippen molar-refractivity contribution in [1.82, 2.24) is 30.9 Å². The highest BCUT2D eigenvalue weighted by Crippen LogP contribution is 2.30. The SMILES string of the molecule is CSc1ccc(CC(=O)N2CCC(c3nc(C(=O)NNC(=O)c4cc(C)[nH]n4)cs3)CC2)cc1. The lowest BCUT2D eigenvalue weighted by atomic mass is 9.97. The summed E-state index contributed by atoms with van der Waals surface area (Å²) in [6, 6.07) is 9.69. The van der Waals surface area contributed by atoms with Gasteiger partial charge in [-0.1, -0.05) is 12.1 Å². The van der Waals surface area contributed by atoms with Gasteiger partial charge in [0.05, 0.1) is 11.4 Å². The van der Waals surface area contributed by atoms with E-state index >= 15 is 0 Å². The fourth-order valence-electron chi connectivity index (χ4n) is 3.76. The summed E-state index contributed by atoms with van der Waals surface area (Å²) in [5, 5.41) is 9.08. The van der Waals surface area contributed by atoms with Gasteiger partial charge in [-0.25, -0.2) is 4.98 Å². The highest BCUT2D eigenvalue weighted by Gasteiger charge is 2.26. The van der Waals surface area contributed by atoms with E-state index < -0.39 is 11.8 Å². The van der Waals surface area contributed by atoms with Crippen molar-refractivity contribution >= 4 is 40.8 Å². The minimum atomic E-state index is -0.509. The Labute approximate surface area is 205 Å². The molecule has 0 aliphatic carbocycles. The number of thioether (sulfide) groups is 1. The van der Waals surface area contributed by atoms with Crippen molar-refractivity contribution in [2.24, 2.45) is 0 Å². The molecule has 4 rings (SSSR count). The average molecular weight is 499 g/mol. The minimum Gasteiger partial charge on any atom is -0.342 e. The molecule has 34 heavy (non-hydrogen) atoms. The Morgan fingerprint density at radius 2 is 1.79 bits per heavy atom. The number of aromatic nitrogens is 3. The predicted octanol–water partition coefficient (Wildman–Crippen LogP) is 2.92. The third-order valence-corrected chi connectivity index (χ3v) is 7.44. The Hall–Kier alpha value is -3.18. The maximum atomic E-state index is 12.7. The molecule has 0 atom stereocenters. The summed E-state index contributed by atoms with van der Waals surface area (Å²) in [5.74, 6) is -0.649. The quantitative estimate of drug-likeness (QED) is 0.355. The van der Waals surface area contributed by atoms with Crippen LogP contribution in [0.2, 0.25) is 0 Å². The van der Waals surface area contributed by atoms with Gasteiger partial charge in [-0.2, -0.15) is 5.10 Å². The number of carbonyl (C=O) groups excluding carboxylic acids is 3. The molecule has 0 unspecified atom stereocenters. The molecule has 11 heteroatoms. The molecule has 0 spiro atoms. The number of nitrogens with one attached hydrogen (secondary N) is 3. The van der Waals surface area contributed by atoms with Crippen LogP contribution in [0, 0.1) is 6.92 Å². The zero-order valence-corrected chi connectivity index (χ0v) is 20.6. The van der Waals surface area contributed by atoms with Crippen LogP contribution in [0.25, 0.3) is 0 Å². The summed E-state index contributed by atoms with van der Waals surface area (Å²) in [6.45, 7) is 3.13. The molecule has 3 aromatic rings. The van der Waals surface area contributed by atoms with Crippen LogP contribution in [0.15, 0.2) is 40.6 Å². The van der Waals surface area contributed by atoms with Crippen molar-refractivity contribution in [3.05, 3.63) is 63.4 Å². The van der Waals surface area contributed by atoms with Gasteiger partial charge in [-0.3, -0.25) is 30.3 Å². The average Bonchev–Trinajstić information content (AvgIpc) is 3.52. The first-order valence-corrected chi connectivity index (χ1v) is 13.0. The molecule has 9 nitrogen and oxygen atoms in total. The predicted molar refractivity (Wildman–Crippen MR) is 131 cm³/mol. The first-order valence-electron chi connectivity index (χ1n) is 10.9. The van der Waals surface area contributed by atoms with Crippen LogP contribution in [0.4, 0.5) is 0 Å². The van der Waals surface area contributed by atoms with E-state index in [2.05, 4.69) is 26.0 Å².